The zero-order valence-corrected chi connectivity index (χ0v) is 15.7. The number of halogens is 1. The van der Waals surface area contributed by atoms with Crippen molar-refractivity contribution in [3.8, 4) is 5.88 Å². The molecule has 0 radical (unpaired) electrons. The first-order valence-electron chi connectivity index (χ1n) is 9.70. The fraction of sp³-hybridized carbons (Fsp3) is 0.429. The van der Waals surface area contributed by atoms with Gasteiger partial charge in [-0.05, 0) is 18.2 Å². The summed E-state index contributed by atoms with van der Waals surface area (Å²) in [7, 11) is 0. The molecule has 0 spiro atoms. The lowest BCUT2D eigenvalue weighted by Crippen LogP contribution is -2.49. The third-order valence-electron chi connectivity index (χ3n) is 5.20. The number of amides is 1. The van der Waals surface area contributed by atoms with Gasteiger partial charge in [-0.15, -0.1) is 0 Å². The summed E-state index contributed by atoms with van der Waals surface area (Å²) in [5.41, 5.74) is 1.13. The molecule has 6 nitrogen and oxygen atoms in total. The van der Waals surface area contributed by atoms with Crippen molar-refractivity contribution in [3.63, 3.8) is 0 Å². The number of aromatic nitrogens is 1. The molecule has 2 saturated heterocycles. The standard InChI is InChI=1S/C21H24FN3O3/c22-18-3-1-2-4-19(18)24-9-11-25(12-10-24)21(26)16-5-6-20(23-15-16)28-17-7-13-27-14-8-17/h1-6,15,17H,7-14H2. The van der Waals surface area contributed by atoms with Crippen LogP contribution in [0.15, 0.2) is 42.6 Å². The second-order valence-corrected chi connectivity index (χ2v) is 7.05. The van der Waals surface area contributed by atoms with Crippen LogP contribution in [0.4, 0.5) is 10.1 Å². The fourth-order valence-corrected chi connectivity index (χ4v) is 3.58. The highest BCUT2D eigenvalue weighted by Crippen LogP contribution is 2.21. The summed E-state index contributed by atoms with van der Waals surface area (Å²) in [6.07, 6.45) is 3.40. The first kappa shape index (κ1) is 18.7. The van der Waals surface area contributed by atoms with Crippen LogP contribution < -0.4 is 9.64 Å². The molecule has 0 N–H and O–H groups in total. The number of para-hydroxylation sites is 1. The number of carbonyl (C=O) groups excluding carboxylic acids is 1. The highest BCUT2D eigenvalue weighted by molar-refractivity contribution is 5.94. The van der Waals surface area contributed by atoms with Crippen molar-refractivity contribution in [2.24, 2.45) is 0 Å². The Labute approximate surface area is 163 Å². The largest absolute Gasteiger partial charge is 0.474 e. The smallest absolute Gasteiger partial charge is 0.255 e. The number of ether oxygens (including phenoxy) is 2. The predicted molar refractivity (Wildman–Crippen MR) is 103 cm³/mol. The number of rotatable bonds is 4. The Morgan fingerprint density at radius 1 is 1.07 bits per heavy atom. The third-order valence-corrected chi connectivity index (χ3v) is 5.20. The van der Waals surface area contributed by atoms with E-state index in [0.29, 0.717) is 56.5 Å². The van der Waals surface area contributed by atoms with Gasteiger partial charge in [-0.3, -0.25) is 4.79 Å². The molecule has 148 valence electrons. The predicted octanol–water partition coefficient (Wildman–Crippen LogP) is 2.74. The van der Waals surface area contributed by atoms with E-state index < -0.39 is 0 Å². The summed E-state index contributed by atoms with van der Waals surface area (Å²) < 4.78 is 25.1. The van der Waals surface area contributed by atoms with Gasteiger partial charge in [0.2, 0.25) is 5.88 Å². The van der Waals surface area contributed by atoms with Crippen LogP contribution in [0, 0.1) is 5.82 Å². The maximum atomic E-state index is 14.0. The Balaban J connectivity index is 1.33. The topological polar surface area (TPSA) is 54.9 Å². The van der Waals surface area contributed by atoms with Gasteiger partial charge in [-0.2, -0.15) is 0 Å². The van der Waals surface area contributed by atoms with E-state index in [9.17, 15) is 9.18 Å². The van der Waals surface area contributed by atoms with Gasteiger partial charge < -0.3 is 19.3 Å². The van der Waals surface area contributed by atoms with E-state index in [-0.39, 0.29) is 17.8 Å². The molecule has 1 aromatic heterocycles. The van der Waals surface area contributed by atoms with E-state index >= 15 is 0 Å². The third kappa shape index (κ3) is 4.25. The van der Waals surface area contributed by atoms with E-state index in [1.165, 1.54) is 6.07 Å². The maximum absolute atomic E-state index is 14.0. The van der Waals surface area contributed by atoms with Gasteiger partial charge in [0.1, 0.15) is 11.9 Å². The monoisotopic (exact) mass is 385 g/mol. The molecule has 0 unspecified atom stereocenters. The van der Waals surface area contributed by atoms with Crippen LogP contribution in [0.5, 0.6) is 5.88 Å². The van der Waals surface area contributed by atoms with Crippen LogP contribution in [0.1, 0.15) is 23.2 Å². The average molecular weight is 385 g/mol. The number of hydrogen-bond donors (Lipinski definition) is 0. The summed E-state index contributed by atoms with van der Waals surface area (Å²) >= 11 is 0. The zero-order valence-electron chi connectivity index (χ0n) is 15.7. The van der Waals surface area contributed by atoms with Crippen LogP contribution in [0.25, 0.3) is 0 Å². The lowest BCUT2D eigenvalue weighted by Gasteiger charge is -2.36. The number of hydrogen-bond acceptors (Lipinski definition) is 5. The summed E-state index contributed by atoms with van der Waals surface area (Å²) in [4.78, 5) is 20.8. The number of benzene rings is 1. The Bertz CT molecular complexity index is 801. The van der Waals surface area contributed by atoms with Gasteiger partial charge >= 0.3 is 0 Å². The molecule has 0 atom stereocenters. The molecule has 7 heteroatoms. The van der Waals surface area contributed by atoms with Crippen molar-refractivity contribution in [2.45, 2.75) is 18.9 Å². The van der Waals surface area contributed by atoms with Crippen LogP contribution in [-0.4, -0.2) is 61.3 Å². The molecule has 2 fully saturated rings. The van der Waals surface area contributed by atoms with Crippen LogP contribution >= 0.6 is 0 Å². The van der Waals surface area contributed by atoms with Crippen molar-refractivity contribution in [3.05, 3.63) is 54.0 Å². The SMILES string of the molecule is O=C(c1ccc(OC2CCOCC2)nc1)N1CCN(c2ccccc2F)CC1. The molecule has 1 amide bonds. The quantitative estimate of drug-likeness (QED) is 0.810. The van der Waals surface area contributed by atoms with Gasteiger partial charge in [-0.1, -0.05) is 12.1 Å². The van der Waals surface area contributed by atoms with Crippen molar-refractivity contribution in [2.75, 3.05) is 44.3 Å². The number of pyridine rings is 1. The van der Waals surface area contributed by atoms with Gasteiger partial charge in [0.05, 0.1) is 24.5 Å². The first-order valence-corrected chi connectivity index (χ1v) is 9.70. The Morgan fingerprint density at radius 2 is 1.82 bits per heavy atom. The highest BCUT2D eigenvalue weighted by Gasteiger charge is 2.24. The van der Waals surface area contributed by atoms with E-state index in [1.807, 2.05) is 11.0 Å². The average Bonchev–Trinajstić information content (AvgIpc) is 2.75. The van der Waals surface area contributed by atoms with E-state index in [2.05, 4.69) is 4.98 Å². The number of piperazine rings is 1. The molecule has 1 aromatic carbocycles. The molecule has 28 heavy (non-hydrogen) atoms. The van der Waals surface area contributed by atoms with Gasteiger partial charge in [-0.25, -0.2) is 9.37 Å². The molecule has 2 aliphatic rings. The van der Waals surface area contributed by atoms with Gasteiger partial charge in [0, 0.05) is 51.3 Å². The molecule has 2 aromatic rings. The van der Waals surface area contributed by atoms with Crippen LogP contribution in [0.3, 0.4) is 0 Å². The summed E-state index contributed by atoms with van der Waals surface area (Å²) in [5, 5.41) is 0. The second-order valence-electron chi connectivity index (χ2n) is 7.05. The molecular formula is C21H24FN3O3. The van der Waals surface area contributed by atoms with Crippen molar-refractivity contribution in [1.29, 1.82) is 0 Å². The highest BCUT2D eigenvalue weighted by atomic mass is 19.1. The molecule has 0 saturated carbocycles. The Morgan fingerprint density at radius 3 is 2.50 bits per heavy atom. The maximum Gasteiger partial charge on any atom is 0.255 e. The molecule has 4 rings (SSSR count). The minimum Gasteiger partial charge on any atom is -0.474 e. The summed E-state index contributed by atoms with van der Waals surface area (Å²) in [6.45, 7) is 3.72. The number of nitrogens with zero attached hydrogens (tertiary/aromatic N) is 3. The lowest BCUT2D eigenvalue weighted by atomic mass is 10.1. The van der Waals surface area contributed by atoms with Gasteiger partial charge in [0.15, 0.2) is 0 Å². The fourth-order valence-electron chi connectivity index (χ4n) is 3.58. The van der Waals surface area contributed by atoms with Crippen molar-refractivity contribution >= 4 is 11.6 Å². The van der Waals surface area contributed by atoms with Crippen molar-refractivity contribution in [1.82, 2.24) is 9.88 Å². The second kappa shape index (κ2) is 8.56. The Hall–Kier alpha value is -2.67. The van der Waals surface area contributed by atoms with E-state index in [0.717, 1.165) is 12.8 Å². The first-order chi connectivity index (χ1) is 13.7. The zero-order chi connectivity index (χ0) is 19.3. The van der Waals surface area contributed by atoms with Crippen LogP contribution in [-0.2, 0) is 4.74 Å². The number of carbonyl (C=O) groups is 1. The molecule has 3 heterocycles. The molecule has 2 aliphatic heterocycles. The van der Waals surface area contributed by atoms with E-state index in [1.54, 1.807) is 35.4 Å². The summed E-state index contributed by atoms with van der Waals surface area (Å²) in [6, 6.07) is 10.2. The Kier molecular flexibility index (Phi) is 5.71. The lowest BCUT2D eigenvalue weighted by molar-refractivity contribution is 0.0237. The minimum atomic E-state index is -0.230. The van der Waals surface area contributed by atoms with Gasteiger partial charge in [0.25, 0.3) is 5.91 Å². The van der Waals surface area contributed by atoms with Crippen molar-refractivity contribution < 1.29 is 18.7 Å². The minimum absolute atomic E-state index is 0.0571. The molecular weight excluding hydrogens is 361 g/mol. The normalized spacial score (nSPS) is 18.2. The molecule has 0 bridgehead atoms. The molecule has 0 aliphatic carbocycles. The summed E-state index contributed by atoms with van der Waals surface area (Å²) in [5.74, 6) is 0.248. The van der Waals surface area contributed by atoms with Crippen LogP contribution in [0.2, 0.25) is 0 Å². The van der Waals surface area contributed by atoms with E-state index in [4.69, 9.17) is 9.47 Å². The number of anilines is 1.